The fourth-order valence-corrected chi connectivity index (χ4v) is 5.21. The second kappa shape index (κ2) is 13.4. The molecule has 5 rings (SSSR count). The predicted molar refractivity (Wildman–Crippen MR) is 156 cm³/mol. The minimum Gasteiger partial charge on any atom is -0.507 e. The van der Waals surface area contributed by atoms with Gasteiger partial charge in [0.25, 0.3) is 12.3 Å². The number of phenols is 1. The van der Waals surface area contributed by atoms with E-state index in [1.807, 2.05) is 56.6 Å². The number of likely N-dealkylation sites (N-methyl/N-ethyl adjacent to an activating group) is 1. The Hall–Kier alpha value is -3.89. The number of phenolic OH excluding ortho intramolecular Hbond substituents is 1. The molecule has 1 atom stereocenters. The highest BCUT2D eigenvalue weighted by molar-refractivity contribution is 6.00. The normalized spacial score (nSPS) is 16.5. The lowest BCUT2D eigenvalue weighted by Crippen LogP contribution is -2.37. The van der Waals surface area contributed by atoms with Crippen LogP contribution in [0.1, 0.15) is 45.5 Å². The third-order valence-corrected chi connectivity index (χ3v) is 7.51. The van der Waals surface area contributed by atoms with Gasteiger partial charge in [-0.2, -0.15) is 0 Å². The zero-order valence-electron chi connectivity index (χ0n) is 23.9. The van der Waals surface area contributed by atoms with E-state index in [1.54, 1.807) is 4.90 Å². The van der Waals surface area contributed by atoms with Crippen molar-refractivity contribution in [3.8, 4) is 17.2 Å². The molecule has 2 N–H and O–H groups in total. The summed E-state index contributed by atoms with van der Waals surface area (Å²) in [5.74, 6) is -0.328. The van der Waals surface area contributed by atoms with Crippen LogP contribution in [0.5, 0.6) is 17.2 Å². The molecule has 2 aliphatic rings. The maximum Gasteiger partial charge on any atom is 0.264 e. The van der Waals surface area contributed by atoms with E-state index in [2.05, 4.69) is 10.2 Å². The van der Waals surface area contributed by atoms with Crippen molar-refractivity contribution in [3.63, 3.8) is 0 Å². The van der Waals surface area contributed by atoms with E-state index in [-0.39, 0.29) is 30.5 Å². The molecule has 0 radical (unpaired) electrons. The molecule has 1 saturated heterocycles. The Kier molecular flexibility index (Phi) is 9.44. The maximum atomic E-state index is 13.9. The SMILES string of the molecule is CN(C)CCOc1cc2c(c(N[C@@H]3CCOC3)c1)CN(C(=O)c1c(O)cc(C(F)F)cc1OCc1ccccc1)CC2. The minimum absolute atomic E-state index is 0.0597. The Balaban J connectivity index is 1.42. The first-order valence-electron chi connectivity index (χ1n) is 14.2. The standard InChI is InChI=1S/C32H37F2N3O5/c1-36(2)11-13-41-25-14-22-8-10-37(18-26(22)27(17-25)35-24-9-12-40-20-24)32(39)30-28(38)15-23(31(33)34)16-29(30)42-19-21-6-4-3-5-7-21/h3-7,14-17,24,31,35,38H,8-13,18-20H2,1-2H3/t24-/m1/s1. The van der Waals surface area contributed by atoms with Gasteiger partial charge < -0.3 is 34.4 Å². The molecule has 3 aromatic rings. The van der Waals surface area contributed by atoms with E-state index < -0.39 is 23.6 Å². The first-order chi connectivity index (χ1) is 20.3. The van der Waals surface area contributed by atoms with Gasteiger partial charge in [-0.25, -0.2) is 8.78 Å². The molecule has 0 aromatic heterocycles. The molecule has 1 fully saturated rings. The number of carbonyl (C=O) groups is 1. The van der Waals surface area contributed by atoms with Crippen LogP contribution in [-0.4, -0.2) is 73.9 Å². The van der Waals surface area contributed by atoms with Crippen molar-refractivity contribution in [2.75, 3.05) is 52.3 Å². The molecule has 0 spiro atoms. The molecule has 0 aliphatic carbocycles. The van der Waals surface area contributed by atoms with Crippen molar-refractivity contribution in [2.24, 2.45) is 0 Å². The van der Waals surface area contributed by atoms with Crippen LogP contribution in [0, 0.1) is 0 Å². The van der Waals surface area contributed by atoms with Crippen molar-refractivity contribution in [2.45, 2.75) is 38.5 Å². The Labute approximate surface area is 244 Å². The molecule has 8 nitrogen and oxygen atoms in total. The van der Waals surface area contributed by atoms with Crippen LogP contribution < -0.4 is 14.8 Å². The van der Waals surface area contributed by atoms with E-state index in [0.29, 0.717) is 32.8 Å². The van der Waals surface area contributed by atoms with E-state index >= 15 is 0 Å². The number of ether oxygens (including phenoxy) is 3. The summed E-state index contributed by atoms with van der Waals surface area (Å²) in [5.41, 5.74) is 3.17. The van der Waals surface area contributed by atoms with Gasteiger partial charge in [0.05, 0.1) is 12.6 Å². The predicted octanol–water partition coefficient (Wildman–Crippen LogP) is 5.25. The molecule has 3 aromatic carbocycles. The number of aromatic hydroxyl groups is 1. The molecule has 0 bridgehead atoms. The molecule has 10 heteroatoms. The first kappa shape index (κ1) is 29.6. The number of alkyl halides is 2. The zero-order valence-corrected chi connectivity index (χ0v) is 23.9. The van der Waals surface area contributed by atoms with E-state index in [9.17, 15) is 18.7 Å². The van der Waals surface area contributed by atoms with Crippen molar-refractivity contribution < 1.29 is 32.9 Å². The topological polar surface area (TPSA) is 83.5 Å². The Morgan fingerprint density at radius 3 is 2.69 bits per heavy atom. The number of carbonyl (C=O) groups excluding carboxylic acids is 1. The first-order valence-corrected chi connectivity index (χ1v) is 14.2. The second-order valence-corrected chi connectivity index (χ2v) is 10.9. The van der Waals surface area contributed by atoms with Gasteiger partial charge >= 0.3 is 0 Å². The highest BCUT2D eigenvalue weighted by atomic mass is 19.3. The van der Waals surface area contributed by atoms with Crippen LogP contribution >= 0.6 is 0 Å². The minimum atomic E-state index is -2.83. The van der Waals surface area contributed by atoms with Crippen LogP contribution in [0.4, 0.5) is 14.5 Å². The largest absolute Gasteiger partial charge is 0.507 e. The Morgan fingerprint density at radius 2 is 1.98 bits per heavy atom. The van der Waals surface area contributed by atoms with Crippen molar-refractivity contribution >= 4 is 11.6 Å². The van der Waals surface area contributed by atoms with Gasteiger partial charge in [-0.15, -0.1) is 0 Å². The average molecular weight is 582 g/mol. The summed E-state index contributed by atoms with van der Waals surface area (Å²) < 4.78 is 44.7. The number of nitrogens with zero attached hydrogens (tertiary/aromatic N) is 2. The van der Waals surface area contributed by atoms with Gasteiger partial charge in [-0.1, -0.05) is 30.3 Å². The Morgan fingerprint density at radius 1 is 1.17 bits per heavy atom. The molecule has 0 unspecified atom stereocenters. The van der Waals surface area contributed by atoms with Gasteiger partial charge in [0.15, 0.2) is 0 Å². The third-order valence-electron chi connectivity index (χ3n) is 7.51. The number of fused-ring (bicyclic) bond motifs is 1. The van der Waals surface area contributed by atoms with Gasteiger partial charge in [0.1, 0.15) is 36.0 Å². The number of hydrogen-bond donors (Lipinski definition) is 2. The number of benzene rings is 3. The number of anilines is 1. The Bertz CT molecular complexity index is 1380. The monoisotopic (exact) mass is 581 g/mol. The van der Waals surface area contributed by atoms with Gasteiger partial charge in [-0.3, -0.25) is 4.79 Å². The van der Waals surface area contributed by atoms with Gasteiger partial charge in [0, 0.05) is 43.6 Å². The molecule has 2 aliphatic heterocycles. The molecule has 2 heterocycles. The van der Waals surface area contributed by atoms with E-state index in [0.717, 1.165) is 53.2 Å². The fraction of sp³-hybridized carbons (Fsp3) is 0.406. The summed E-state index contributed by atoms with van der Waals surface area (Å²) in [4.78, 5) is 17.6. The van der Waals surface area contributed by atoms with Gasteiger partial charge in [-0.05, 0) is 61.8 Å². The number of nitrogens with one attached hydrogen (secondary N) is 1. The zero-order chi connectivity index (χ0) is 29.6. The number of amides is 1. The molecule has 0 saturated carbocycles. The molecule has 1 amide bonds. The van der Waals surface area contributed by atoms with Crippen LogP contribution in [-0.2, 0) is 24.3 Å². The lowest BCUT2D eigenvalue weighted by molar-refractivity contribution is 0.0726. The number of rotatable bonds is 11. The second-order valence-electron chi connectivity index (χ2n) is 10.9. The lowest BCUT2D eigenvalue weighted by Gasteiger charge is -2.32. The van der Waals surface area contributed by atoms with Crippen LogP contribution in [0.15, 0.2) is 54.6 Å². The van der Waals surface area contributed by atoms with Crippen LogP contribution in [0.2, 0.25) is 0 Å². The van der Waals surface area contributed by atoms with E-state index in [4.69, 9.17) is 14.2 Å². The van der Waals surface area contributed by atoms with Crippen molar-refractivity contribution in [1.82, 2.24) is 9.80 Å². The summed E-state index contributed by atoms with van der Waals surface area (Å²) in [7, 11) is 3.98. The number of hydrogen-bond acceptors (Lipinski definition) is 7. The summed E-state index contributed by atoms with van der Waals surface area (Å²) >= 11 is 0. The third kappa shape index (κ3) is 7.11. The number of halogens is 2. The summed E-state index contributed by atoms with van der Waals surface area (Å²) in [6.07, 6.45) is -1.39. The van der Waals surface area contributed by atoms with Crippen LogP contribution in [0.25, 0.3) is 0 Å². The van der Waals surface area contributed by atoms with E-state index in [1.165, 1.54) is 0 Å². The summed E-state index contributed by atoms with van der Waals surface area (Å²) in [6.45, 7) is 3.31. The molecule has 224 valence electrons. The summed E-state index contributed by atoms with van der Waals surface area (Å²) in [6, 6.07) is 15.4. The average Bonchev–Trinajstić information content (AvgIpc) is 3.49. The molecular formula is C32H37F2N3O5. The van der Waals surface area contributed by atoms with Gasteiger partial charge in [0.2, 0.25) is 0 Å². The quantitative estimate of drug-likeness (QED) is 0.320. The maximum absolute atomic E-state index is 13.9. The fourth-order valence-electron chi connectivity index (χ4n) is 5.21. The highest BCUT2D eigenvalue weighted by Crippen LogP contribution is 2.38. The van der Waals surface area contributed by atoms with Crippen molar-refractivity contribution in [3.05, 3.63) is 82.4 Å². The van der Waals surface area contributed by atoms with Crippen molar-refractivity contribution in [1.29, 1.82) is 0 Å². The van der Waals surface area contributed by atoms with Crippen LogP contribution in [0.3, 0.4) is 0 Å². The smallest absolute Gasteiger partial charge is 0.264 e. The summed E-state index contributed by atoms with van der Waals surface area (Å²) in [5, 5.41) is 14.4. The molecule has 42 heavy (non-hydrogen) atoms. The highest BCUT2D eigenvalue weighted by Gasteiger charge is 2.30. The molecular weight excluding hydrogens is 544 g/mol. The lowest BCUT2D eigenvalue weighted by atomic mass is 9.96.